The smallest absolute Gasteiger partial charge is 0.411 e. The fraction of sp³-hybridized carbons (Fsp3) is 0.800. The molecular weight excluding hydrogens is 253 g/mol. The fourth-order valence-electron chi connectivity index (χ4n) is 1.50. The number of halogens is 3. The molecule has 0 aromatic carbocycles. The number of urea groups is 1. The van der Waals surface area contributed by atoms with Gasteiger partial charge in [-0.25, -0.2) is 4.79 Å². The summed E-state index contributed by atoms with van der Waals surface area (Å²) in [5, 5.41) is 12.6. The van der Waals surface area contributed by atoms with E-state index in [9.17, 15) is 22.8 Å². The summed E-state index contributed by atoms with van der Waals surface area (Å²) in [5.41, 5.74) is -2.09. The summed E-state index contributed by atoms with van der Waals surface area (Å²) in [7, 11) is 0. The Bertz CT molecular complexity index is 340. The lowest BCUT2D eigenvalue weighted by Gasteiger charge is -2.21. The zero-order chi connectivity index (χ0) is 14.0. The summed E-state index contributed by atoms with van der Waals surface area (Å²) < 4.78 is 37.5. The van der Waals surface area contributed by atoms with Crippen molar-refractivity contribution in [3.8, 4) is 0 Å². The number of carboxylic acid groups (broad SMARTS) is 1. The predicted octanol–water partition coefficient (Wildman–Crippen LogP) is 1.49. The molecule has 1 atom stereocenters. The number of aliphatic carboxylic acids is 1. The first-order valence-corrected chi connectivity index (χ1v) is 5.51. The third-order valence-corrected chi connectivity index (χ3v) is 2.78. The van der Waals surface area contributed by atoms with E-state index in [4.69, 9.17) is 5.11 Å². The van der Waals surface area contributed by atoms with Crippen molar-refractivity contribution in [1.29, 1.82) is 0 Å². The van der Waals surface area contributed by atoms with E-state index < -0.39 is 23.7 Å². The van der Waals surface area contributed by atoms with Gasteiger partial charge in [0.05, 0.1) is 0 Å². The molecule has 3 N–H and O–H groups in total. The van der Waals surface area contributed by atoms with Crippen LogP contribution in [0.1, 0.15) is 26.2 Å². The average molecular weight is 268 g/mol. The first kappa shape index (κ1) is 14.6. The average Bonchev–Trinajstić information content (AvgIpc) is 2.93. The molecule has 0 saturated heterocycles. The quantitative estimate of drug-likeness (QED) is 0.707. The Morgan fingerprint density at radius 1 is 1.39 bits per heavy atom. The van der Waals surface area contributed by atoms with E-state index in [0.717, 1.165) is 0 Å². The zero-order valence-corrected chi connectivity index (χ0v) is 9.80. The van der Waals surface area contributed by atoms with E-state index in [-0.39, 0.29) is 31.7 Å². The summed E-state index contributed by atoms with van der Waals surface area (Å²) >= 11 is 0. The van der Waals surface area contributed by atoms with Crippen LogP contribution in [0.5, 0.6) is 0 Å². The van der Waals surface area contributed by atoms with E-state index >= 15 is 0 Å². The number of nitrogens with one attached hydrogen (secondary N) is 2. The molecule has 0 aromatic rings. The topological polar surface area (TPSA) is 78.4 Å². The van der Waals surface area contributed by atoms with Gasteiger partial charge < -0.3 is 15.7 Å². The highest BCUT2D eigenvalue weighted by atomic mass is 19.4. The second-order valence-electron chi connectivity index (χ2n) is 4.62. The van der Waals surface area contributed by atoms with E-state index in [2.05, 4.69) is 5.32 Å². The first-order chi connectivity index (χ1) is 8.16. The number of carbonyl (C=O) groups excluding carboxylic acids is 1. The van der Waals surface area contributed by atoms with Gasteiger partial charge in [0.1, 0.15) is 5.54 Å². The van der Waals surface area contributed by atoms with Gasteiger partial charge in [0.15, 0.2) is 0 Å². The van der Waals surface area contributed by atoms with Crippen LogP contribution in [0.15, 0.2) is 0 Å². The Hall–Kier alpha value is -1.47. The molecule has 1 saturated carbocycles. The second kappa shape index (κ2) is 5.03. The number of hydrogen-bond acceptors (Lipinski definition) is 2. The standard InChI is InChI=1S/C10H15F3N2O3/c1-6(4-7(16)17)5-14-8(18)15-9(2-3-9)10(11,12)13/h6H,2-5H2,1H3,(H,16,17)(H2,14,15,18). The van der Waals surface area contributed by atoms with Crippen LogP contribution < -0.4 is 10.6 Å². The molecule has 1 aliphatic rings. The van der Waals surface area contributed by atoms with Gasteiger partial charge in [-0.2, -0.15) is 13.2 Å². The monoisotopic (exact) mass is 268 g/mol. The minimum Gasteiger partial charge on any atom is -0.481 e. The molecule has 18 heavy (non-hydrogen) atoms. The van der Waals surface area contributed by atoms with Crippen LogP contribution in [-0.4, -0.2) is 35.4 Å². The van der Waals surface area contributed by atoms with E-state index in [0.29, 0.717) is 0 Å². The van der Waals surface area contributed by atoms with Gasteiger partial charge in [-0.1, -0.05) is 6.92 Å². The Balaban J connectivity index is 2.33. The van der Waals surface area contributed by atoms with Crippen molar-refractivity contribution in [2.45, 2.75) is 37.9 Å². The van der Waals surface area contributed by atoms with Gasteiger partial charge in [0.2, 0.25) is 0 Å². The lowest BCUT2D eigenvalue weighted by atomic mass is 10.1. The highest BCUT2D eigenvalue weighted by molar-refractivity contribution is 5.75. The van der Waals surface area contributed by atoms with E-state index in [1.54, 1.807) is 6.92 Å². The maximum absolute atomic E-state index is 12.5. The maximum atomic E-state index is 12.5. The molecule has 5 nitrogen and oxygen atoms in total. The van der Waals surface area contributed by atoms with Gasteiger partial charge in [-0.3, -0.25) is 4.79 Å². The van der Waals surface area contributed by atoms with Crippen molar-refractivity contribution in [2.24, 2.45) is 5.92 Å². The molecule has 0 spiro atoms. The number of carbonyl (C=O) groups is 2. The van der Waals surface area contributed by atoms with Crippen LogP contribution in [0.25, 0.3) is 0 Å². The number of rotatable bonds is 5. The summed E-state index contributed by atoms with van der Waals surface area (Å²) in [6, 6.07) is -0.915. The second-order valence-corrected chi connectivity index (χ2v) is 4.62. The molecule has 0 bridgehead atoms. The Labute approximate surface area is 102 Å². The molecule has 8 heteroatoms. The van der Waals surface area contributed by atoms with E-state index in [1.807, 2.05) is 5.32 Å². The molecule has 1 aliphatic carbocycles. The molecule has 0 heterocycles. The number of alkyl halides is 3. The lowest BCUT2D eigenvalue weighted by Crippen LogP contribution is -2.52. The highest BCUT2D eigenvalue weighted by Gasteiger charge is 2.64. The zero-order valence-electron chi connectivity index (χ0n) is 9.80. The van der Waals surface area contributed by atoms with Gasteiger partial charge in [-0.15, -0.1) is 0 Å². The van der Waals surface area contributed by atoms with Crippen LogP contribution in [0.4, 0.5) is 18.0 Å². The molecule has 104 valence electrons. The predicted molar refractivity (Wildman–Crippen MR) is 56.0 cm³/mol. The van der Waals surface area contributed by atoms with Crippen molar-refractivity contribution >= 4 is 12.0 Å². The van der Waals surface area contributed by atoms with Crippen molar-refractivity contribution in [1.82, 2.24) is 10.6 Å². The molecule has 1 unspecified atom stereocenters. The van der Waals surface area contributed by atoms with Gasteiger partial charge in [0.25, 0.3) is 0 Å². The largest absolute Gasteiger partial charge is 0.481 e. The highest BCUT2D eigenvalue weighted by Crippen LogP contribution is 2.48. The van der Waals surface area contributed by atoms with E-state index in [1.165, 1.54) is 0 Å². The normalized spacial score (nSPS) is 18.9. The Morgan fingerprint density at radius 2 is 1.94 bits per heavy atom. The number of carboxylic acids is 1. The molecule has 1 fully saturated rings. The van der Waals surface area contributed by atoms with Gasteiger partial charge in [0, 0.05) is 13.0 Å². The summed E-state index contributed by atoms with van der Waals surface area (Å²) in [6.45, 7) is 1.61. The van der Waals surface area contributed by atoms with Crippen LogP contribution >= 0.6 is 0 Å². The molecule has 1 rings (SSSR count). The molecular formula is C10H15F3N2O3. The van der Waals surface area contributed by atoms with Crippen LogP contribution in [0.2, 0.25) is 0 Å². The first-order valence-electron chi connectivity index (χ1n) is 5.51. The van der Waals surface area contributed by atoms with Gasteiger partial charge in [-0.05, 0) is 18.8 Å². The third kappa shape index (κ3) is 3.78. The number of amides is 2. The van der Waals surface area contributed by atoms with Crippen molar-refractivity contribution in [3.63, 3.8) is 0 Å². The minimum atomic E-state index is -4.45. The molecule has 0 aliphatic heterocycles. The summed E-state index contributed by atoms with van der Waals surface area (Å²) in [5.74, 6) is -1.35. The Kier molecular flexibility index (Phi) is 4.08. The van der Waals surface area contributed by atoms with Crippen molar-refractivity contribution in [3.05, 3.63) is 0 Å². The molecule has 2 amide bonds. The third-order valence-electron chi connectivity index (χ3n) is 2.78. The SMILES string of the molecule is CC(CNC(=O)NC1(C(F)(F)F)CC1)CC(=O)O. The molecule has 0 aromatic heterocycles. The maximum Gasteiger partial charge on any atom is 0.411 e. The Morgan fingerprint density at radius 3 is 2.33 bits per heavy atom. The molecule has 0 radical (unpaired) electrons. The van der Waals surface area contributed by atoms with Crippen molar-refractivity contribution in [2.75, 3.05) is 6.54 Å². The van der Waals surface area contributed by atoms with Crippen LogP contribution in [0, 0.1) is 5.92 Å². The van der Waals surface area contributed by atoms with Crippen molar-refractivity contribution < 1.29 is 27.9 Å². The summed E-state index contributed by atoms with van der Waals surface area (Å²) in [4.78, 5) is 21.6. The lowest BCUT2D eigenvalue weighted by molar-refractivity contribution is -0.162. The summed E-state index contributed by atoms with van der Waals surface area (Å²) in [6.07, 6.45) is -4.83. The number of hydrogen-bond donors (Lipinski definition) is 3. The van der Waals surface area contributed by atoms with Crippen LogP contribution in [0.3, 0.4) is 0 Å². The fourth-order valence-corrected chi connectivity index (χ4v) is 1.50. The van der Waals surface area contributed by atoms with Crippen LogP contribution in [-0.2, 0) is 4.79 Å². The van der Waals surface area contributed by atoms with Gasteiger partial charge >= 0.3 is 18.2 Å². The minimum absolute atomic E-state index is 0.0199.